The van der Waals surface area contributed by atoms with E-state index in [2.05, 4.69) is 70.3 Å². The average molecular weight is 289 g/mol. The van der Waals surface area contributed by atoms with Crippen LogP contribution in [0.3, 0.4) is 0 Å². The summed E-state index contributed by atoms with van der Waals surface area (Å²) in [5.74, 6) is 0. The molecule has 1 nitrogen and oxygen atoms in total. The van der Waals surface area contributed by atoms with Gasteiger partial charge in [-0.3, -0.25) is 0 Å². The largest absolute Gasteiger partial charge is 0.411 e. The van der Waals surface area contributed by atoms with E-state index >= 15 is 0 Å². The van der Waals surface area contributed by atoms with Crippen LogP contribution in [0.1, 0.15) is 45.6 Å². The Balaban J connectivity index is 2.14. The topological polar surface area (TPSA) is 9.23 Å². The molecule has 20 heavy (non-hydrogen) atoms. The van der Waals surface area contributed by atoms with Crippen LogP contribution < -0.4 is 0 Å². The predicted octanol–water partition coefficient (Wildman–Crippen LogP) is 5.64. The molecule has 0 bridgehead atoms. The van der Waals surface area contributed by atoms with Crippen molar-refractivity contribution in [1.82, 2.24) is 0 Å². The first kappa shape index (κ1) is 15.5. The number of benzene rings is 1. The zero-order valence-electron chi connectivity index (χ0n) is 13.6. The van der Waals surface area contributed by atoms with Crippen LogP contribution in [-0.4, -0.2) is 14.4 Å². The molecule has 0 heterocycles. The summed E-state index contributed by atoms with van der Waals surface area (Å²) in [5, 5.41) is 0.283. The van der Waals surface area contributed by atoms with E-state index in [4.69, 9.17) is 4.43 Å². The summed E-state index contributed by atoms with van der Waals surface area (Å²) in [6.45, 7) is 11.6. The van der Waals surface area contributed by atoms with Crippen LogP contribution in [0, 0.1) is 0 Å². The third-order valence-corrected chi connectivity index (χ3v) is 9.22. The summed E-state index contributed by atoms with van der Waals surface area (Å²) in [4.78, 5) is 0. The maximum Gasteiger partial charge on any atom is 0.192 e. The molecular formula is C18H28OSi. The Hall–Kier alpha value is -0.863. The number of hydrogen-bond donors (Lipinski definition) is 0. The van der Waals surface area contributed by atoms with Gasteiger partial charge in [-0.05, 0) is 48.5 Å². The number of allylic oxidation sites excluding steroid dienone is 1. The molecule has 0 spiro atoms. The van der Waals surface area contributed by atoms with Gasteiger partial charge in [0.05, 0.1) is 6.10 Å². The molecule has 2 heteroatoms. The van der Waals surface area contributed by atoms with Crippen LogP contribution in [0.25, 0.3) is 5.57 Å². The Morgan fingerprint density at radius 3 is 2.35 bits per heavy atom. The second kappa shape index (κ2) is 5.86. The summed E-state index contributed by atoms with van der Waals surface area (Å²) < 4.78 is 6.56. The first-order valence-electron chi connectivity index (χ1n) is 7.73. The van der Waals surface area contributed by atoms with Gasteiger partial charge in [0.15, 0.2) is 8.32 Å². The highest BCUT2D eigenvalue weighted by Gasteiger charge is 2.39. The van der Waals surface area contributed by atoms with E-state index in [1.54, 1.807) is 0 Å². The van der Waals surface area contributed by atoms with Crippen LogP contribution in [0.15, 0.2) is 36.4 Å². The lowest BCUT2D eigenvalue weighted by atomic mass is 9.92. The third kappa shape index (κ3) is 3.61. The zero-order valence-corrected chi connectivity index (χ0v) is 14.6. The van der Waals surface area contributed by atoms with E-state index in [0.717, 1.165) is 0 Å². The maximum absolute atomic E-state index is 6.56. The van der Waals surface area contributed by atoms with Crippen LogP contribution in [0.5, 0.6) is 0 Å². The Morgan fingerprint density at radius 2 is 1.75 bits per heavy atom. The minimum Gasteiger partial charge on any atom is -0.411 e. The molecule has 0 saturated carbocycles. The van der Waals surface area contributed by atoms with Gasteiger partial charge < -0.3 is 4.43 Å². The molecule has 0 aromatic heterocycles. The lowest BCUT2D eigenvalue weighted by molar-refractivity contribution is 0.209. The molecule has 0 aliphatic heterocycles. The molecular weight excluding hydrogens is 260 g/mol. The van der Waals surface area contributed by atoms with Gasteiger partial charge in [-0.25, -0.2) is 0 Å². The summed E-state index contributed by atoms with van der Waals surface area (Å²) in [6.07, 6.45) is 6.27. The fourth-order valence-electron chi connectivity index (χ4n) is 2.43. The van der Waals surface area contributed by atoms with Crippen molar-refractivity contribution in [3.63, 3.8) is 0 Å². The maximum atomic E-state index is 6.56. The van der Waals surface area contributed by atoms with Gasteiger partial charge in [0.25, 0.3) is 0 Å². The highest BCUT2D eigenvalue weighted by molar-refractivity contribution is 6.74. The average Bonchev–Trinajstić information content (AvgIpc) is 2.38. The standard InChI is InChI=1S/C18H28OSi/c1-18(2,3)20(4,5)19-17-13-9-12-16(14-17)15-10-7-6-8-11-15/h6-8,10-11,14,17H,9,12-13H2,1-5H3. The molecule has 1 unspecified atom stereocenters. The molecule has 2 rings (SSSR count). The molecule has 1 aliphatic rings. The first-order chi connectivity index (χ1) is 9.29. The Morgan fingerprint density at radius 1 is 1.10 bits per heavy atom. The Kier molecular flexibility index (Phi) is 4.55. The molecule has 1 atom stereocenters. The summed E-state index contributed by atoms with van der Waals surface area (Å²) in [7, 11) is -1.67. The van der Waals surface area contributed by atoms with Crippen molar-refractivity contribution in [2.24, 2.45) is 0 Å². The molecule has 0 fully saturated rings. The van der Waals surface area contributed by atoms with Crippen LogP contribution in [0.2, 0.25) is 18.1 Å². The fourth-order valence-corrected chi connectivity index (χ4v) is 3.72. The smallest absolute Gasteiger partial charge is 0.192 e. The lowest BCUT2D eigenvalue weighted by Gasteiger charge is -2.39. The second-order valence-electron chi connectivity index (χ2n) is 7.37. The van der Waals surface area contributed by atoms with Gasteiger partial charge in [-0.1, -0.05) is 57.2 Å². The van der Waals surface area contributed by atoms with Gasteiger partial charge in [0.2, 0.25) is 0 Å². The van der Waals surface area contributed by atoms with Crippen molar-refractivity contribution in [2.75, 3.05) is 0 Å². The van der Waals surface area contributed by atoms with E-state index in [9.17, 15) is 0 Å². The van der Waals surface area contributed by atoms with Crippen molar-refractivity contribution >= 4 is 13.9 Å². The van der Waals surface area contributed by atoms with E-state index in [0.29, 0.717) is 6.10 Å². The Labute approximate surface area is 125 Å². The van der Waals surface area contributed by atoms with Crippen molar-refractivity contribution < 1.29 is 4.43 Å². The molecule has 0 radical (unpaired) electrons. The van der Waals surface area contributed by atoms with E-state index in [1.807, 2.05) is 0 Å². The van der Waals surface area contributed by atoms with Crippen molar-refractivity contribution in [2.45, 2.75) is 64.3 Å². The van der Waals surface area contributed by atoms with Crippen molar-refractivity contribution in [1.29, 1.82) is 0 Å². The normalized spacial score (nSPS) is 20.6. The fraction of sp³-hybridized carbons (Fsp3) is 0.556. The minimum absolute atomic E-state index is 0.283. The molecule has 1 aromatic carbocycles. The van der Waals surface area contributed by atoms with E-state index in [-0.39, 0.29) is 5.04 Å². The van der Waals surface area contributed by atoms with Gasteiger partial charge in [-0.15, -0.1) is 0 Å². The molecule has 0 N–H and O–H groups in total. The molecule has 1 aliphatic carbocycles. The summed E-state index contributed by atoms with van der Waals surface area (Å²) >= 11 is 0. The summed E-state index contributed by atoms with van der Waals surface area (Å²) in [6, 6.07) is 10.7. The predicted molar refractivity (Wildman–Crippen MR) is 90.3 cm³/mol. The monoisotopic (exact) mass is 288 g/mol. The van der Waals surface area contributed by atoms with Crippen LogP contribution in [-0.2, 0) is 4.43 Å². The molecule has 110 valence electrons. The SMILES string of the molecule is CC(C)(C)[Si](C)(C)OC1C=C(c2ccccc2)CCC1. The van der Waals surface area contributed by atoms with Crippen molar-refractivity contribution in [3.8, 4) is 0 Å². The molecule has 0 amide bonds. The molecule has 1 aromatic rings. The summed E-state index contributed by atoms with van der Waals surface area (Å²) in [5.41, 5.74) is 2.82. The third-order valence-electron chi connectivity index (χ3n) is 4.72. The van der Waals surface area contributed by atoms with Gasteiger partial charge in [-0.2, -0.15) is 0 Å². The van der Waals surface area contributed by atoms with Gasteiger partial charge in [0.1, 0.15) is 0 Å². The zero-order chi connectivity index (χ0) is 14.8. The van der Waals surface area contributed by atoms with Crippen LogP contribution in [0.4, 0.5) is 0 Å². The first-order valence-corrected chi connectivity index (χ1v) is 10.6. The minimum atomic E-state index is -1.67. The van der Waals surface area contributed by atoms with Crippen molar-refractivity contribution in [3.05, 3.63) is 42.0 Å². The number of rotatable bonds is 3. The van der Waals surface area contributed by atoms with Crippen LogP contribution >= 0.6 is 0 Å². The Bertz CT molecular complexity index is 468. The van der Waals surface area contributed by atoms with E-state index in [1.165, 1.54) is 30.4 Å². The quantitative estimate of drug-likeness (QED) is 0.654. The number of hydrogen-bond acceptors (Lipinski definition) is 1. The second-order valence-corrected chi connectivity index (χ2v) is 12.1. The lowest BCUT2D eigenvalue weighted by Crippen LogP contribution is -2.43. The van der Waals surface area contributed by atoms with Gasteiger partial charge in [0, 0.05) is 0 Å². The molecule has 0 saturated heterocycles. The highest BCUT2D eigenvalue weighted by Crippen LogP contribution is 2.39. The highest BCUT2D eigenvalue weighted by atomic mass is 28.4. The van der Waals surface area contributed by atoms with E-state index < -0.39 is 8.32 Å². The van der Waals surface area contributed by atoms with Gasteiger partial charge >= 0.3 is 0 Å².